The summed E-state index contributed by atoms with van der Waals surface area (Å²) in [5.41, 5.74) is 0.529. The highest BCUT2D eigenvalue weighted by molar-refractivity contribution is 5.88. The number of amides is 1. The van der Waals surface area contributed by atoms with Gasteiger partial charge in [0.15, 0.2) is 0 Å². The van der Waals surface area contributed by atoms with Crippen LogP contribution in [0.4, 0.5) is 0 Å². The highest BCUT2D eigenvalue weighted by atomic mass is 35.5. The van der Waals surface area contributed by atoms with Crippen LogP contribution in [0.15, 0.2) is 54.6 Å². The molecule has 3 rings (SSSR count). The Bertz CT molecular complexity index is 836. The summed E-state index contributed by atoms with van der Waals surface area (Å²) >= 11 is 0. The van der Waals surface area contributed by atoms with E-state index in [0.29, 0.717) is 13.2 Å². The van der Waals surface area contributed by atoms with Crippen LogP contribution in [0.5, 0.6) is 5.75 Å². The Morgan fingerprint density at radius 3 is 2.29 bits per heavy atom. The first-order valence-corrected chi connectivity index (χ1v) is 10.6. The Morgan fingerprint density at radius 2 is 1.68 bits per heavy atom. The first kappa shape index (κ1) is 24.7. The van der Waals surface area contributed by atoms with Crippen molar-refractivity contribution in [2.75, 3.05) is 13.2 Å². The lowest BCUT2D eigenvalue weighted by molar-refractivity contribution is -0.129. The molecular weight excluding hydrogens is 416 g/mol. The molecule has 168 valence electrons. The lowest BCUT2D eigenvalue weighted by Crippen LogP contribution is -2.59. The summed E-state index contributed by atoms with van der Waals surface area (Å²) in [5, 5.41) is 15.6. The smallest absolute Gasteiger partial charge is 0.335 e. The van der Waals surface area contributed by atoms with Crippen molar-refractivity contribution >= 4 is 24.3 Å². The van der Waals surface area contributed by atoms with Gasteiger partial charge in [-0.1, -0.05) is 49.6 Å². The monoisotopic (exact) mass is 446 g/mol. The van der Waals surface area contributed by atoms with Crippen LogP contribution in [0.25, 0.3) is 0 Å². The van der Waals surface area contributed by atoms with Crippen LogP contribution < -0.4 is 15.4 Å². The van der Waals surface area contributed by atoms with Crippen molar-refractivity contribution in [2.45, 2.75) is 50.6 Å². The zero-order valence-electron chi connectivity index (χ0n) is 17.8. The number of para-hydroxylation sites is 1. The second-order valence-electron chi connectivity index (χ2n) is 7.85. The highest BCUT2D eigenvalue weighted by Gasteiger charge is 2.39. The molecule has 0 heterocycles. The van der Waals surface area contributed by atoms with E-state index in [0.717, 1.165) is 43.4 Å². The molecule has 31 heavy (non-hydrogen) atoms. The highest BCUT2D eigenvalue weighted by Crippen LogP contribution is 2.29. The lowest BCUT2D eigenvalue weighted by Gasteiger charge is -2.37. The summed E-state index contributed by atoms with van der Waals surface area (Å²) in [6, 6.07) is 16.1. The number of ether oxygens (including phenoxy) is 1. The third-order valence-electron chi connectivity index (χ3n) is 5.72. The summed E-state index contributed by atoms with van der Waals surface area (Å²) < 4.78 is 5.76. The minimum absolute atomic E-state index is 0. The van der Waals surface area contributed by atoms with Crippen molar-refractivity contribution in [3.05, 3.63) is 65.7 Å². The summed E-state index contributed by atoms with van der Waals surface area (Å²) in [6.45, 7) is 3.00. The van der Waals surface area contributed by atoms with Crippen molar-refractivity contribution in [3.63, 3.8) is 0 Å². The quantitative estimate of drug-likeness (QED) is 0.498. The molecule has 1 aliphatic carbocycles. The van der Waals surface area contributed by atoms with E-state index >= 15 is 0 Å². The summed E-state index contributed by atoms with van der Waals surface area (Å²) in [6.07, 6.45) is 4.77. The van der Waals surface area contributed by atoms with Gasteiger partial charge in [0.1, 0.15) is 12.4 Å². The van der Waals surface area contributed by atoms with Gasteiger partial charge in [-0.25, -0.2) is 4.79 Å². The zero-order chi connectivity index (χ0) is 21.4. The molecule has 7 heteroatoms. The van der Waals surface area contributed by atoms with Gasteiger partial charge in [0.2, 0.25) is 5.91 Å². The first-order chi connectivity index (χ1) is 14.5. The van der Waals surface area contributed by atoms with Crippen LogP contribution in [0.3, 0.4) is 0 Å². The Morgan fingerprint density at radius 1 is 1.03 bits per heavy atom. The standard InChI is InChI=1S/C24H30N2O4.ClH/c1-18(19-10-12-20(13-11-19)22(27)28)26-23(29)24(14-6-3-7-15-24)25-16-17-30-21-8-4-2-5-9-21;/h2,4-5,8-13,18,25H,3,6-7,14-17H2,1H3,(H,26,29)(H,27,28);1H/t18-;/m0./s1. The van der Waals surface area contributed by atoms with Gasteiger partial charge in [-0.05, 0) is 49.6 Å². The number of carboxylic acid groups (broad SMARTS) is 1. The summed E-state index contributed by atoms with van der Waals surface area (Å²) in [5.74, 6) is -0.141. The molecule has 0 aliphatic heterocycles. The van der Waals surface area contributed by atoms with Gasteiger partial charge in [-0.2, -0.15) is 0 Å². The van der Waals surface area contributed by atoms with Crippen molar-refractivity contribution in [1.29, 1.82) is 0 Å². The Balaban J connectivity index is 0.00000341. The number of carbonyl (C=O) groups is 2. The Kier molecular flexibility index (Phi) is 9.34. The maximum absolute atomic E-state index is 13.2. The lowest BCUT2D eigenvalue weighted by atomic mass is 9.80. The van der Waals surface area contributed by atoms with E-state index in [2.05, 4.69) is 10.6 Å². The SMILES string of the molecule is C[C@H](NC(=O)C1(NCCOc2ccccc2)CCCCC1)c1ccc(C(=O)O)cc1.Cl. The van der Waals surface area contributed by atoms with E-state index in [1.807, 2.05) is 37.3 Å². The average molecular weight is 447 g/mol. The molecular formula is C24H31ClN2O4. The summed E-state index contributed by atoms with van der Waals surface area (Å²) in [7, 11) is 0. The van der Waals surface area contributed by atoms with Crippen LogP contribution in [-0.2, 0) is 4.79 Å². The molecule has 6 nitrogen and oxygen atoms in total. The molecule has 1 aliphatic rings. The molecule has 1 amide bonds. The fourth-order valence-corrected chi connectivity index (χ4v) is 3.95. The number of hydrogen-bond acceptors (Lipinski definition) is 4. The van der Waals surface area contributed by atoms with Gasteiger partial charge >= 0.3 is 5.97 Å². The molecule has 1 fully saturated rings. The fraction of sp³-hybridized carbons (Fsp3) is 0.417. The summed E-state index contributed by atoms with van der Waals surface area (Å²) in [4.78, 5) is 24.3. The van der Waals surface area contributed by atoms with Gasteiger partial charge in [-0.3, -0.25) is 10.1 Å². The number of rotatable bonds is 9. The molecule has 0 spiro atoms. The van der Waals surface area contributed by atoms with Crippen LogP contribution in [0.2, 0.25) is 0 Å². The number of nitrogens with one attached hydrogen (secondary N) is 2. The van der Waals surface area contributed by atoms with Crippen molar-refractivity contribution < 1.29 is 19.4 Å². The van der Waals surface area contributed by atoms with Crippen molar-refractivity contribution in [2.24, 2.45) is 0 Å². The minimum Gasteiger partial charge on any atom is -0.492 e. The van der Waals surface area contributed by atoms with E-state index in [-0.39, 0.29) is 29.9 Å². The predicted octanol–water partition coefficient (Wildman–Crippen LogP) is 4.36. The third kappa shape index (κ3) is 6.71. The fourth-order valence-electron chi connectivity index (χ4n) is 3.95. The van der Waals surface area contributed by atoms with E-state index < -0.39 is 11.5 Å². The molecule has 3 N–H and O–H groups in total. The number of carboxylic acids is 1. The van der Waals surface area contributed by atoms with Gasteiger partial charge in [0, 0.05) is 6.54 Å². The Labute approximate surface area is 189 Å². The van der Waals surface area contributed by atoms with E-state index in [9.17, 15) is 9.59 Å². The van der Waals surface area contributed by atoms with Crippen LogP contribution in [0.1, 0.15) is 61.0 Å². The van der Waals surface area contributed by atoms with Crippen LogP contribution in [-0.4, -0.2) is 35.7 Å². The molecule has 2 aromatic rings. The first-order valence-electron chi connectivity index (χ1n) is 10.6. The number of aromatic carboxylic acids is 1. The molecule has 0 unspecified atom stereocenters. The van der Waals surface area contributed by atoms with Crippen molar-refractivity contribution in [3.8, 4) is 5.75 Å². The van der Waals surface area contributed by atoms with Gasteiger partial charge < -0.3 is 15.2 Å². The molecule has 1 saturated carbocycles. The van der Waals surface area contributed by atoms with Crippen LogP contribution in [0, 0.1) is 0 Å². The normalized spacial score (nSPS) is 15.9. The maximum atomic E-state index is 13.2. The topological polar surface area (TPSA) is 87.7 Å². The molecule has 0 aromatic heterocycles. The number of hydrogen-bond donors (Lipinski definition) is 3. The minimum atomic E-state index is -0.957. The predicted molar refractivity (Wildman–Crippen MR) is 123 cm³/mol. The maximum Gasteiger partial charge on any atom is 0.335 e. The van der Waals surface area contributed by atoms with Gasteiger partial charge in [0.05, 0.1) is 17.1 Å². The Hall–Kier alpha value is -2.57. The van der Waals surface area contributed by atoms with E-state index in [1.165, 1.54) is 0 Å². The van der Waals surface area contributed by atoms with Crippen LogP contribution >= 0.6 is 12.4 Å². The molecule has 0 bridgehead atoms. The number of halogens is 1. The van der Waals surface area contributed by atoms with Gasteiger partial charge in [-0.15, -0.1) is 12.4 Å². The van der Waals surface area contributed by atoms with Gasteiger partial charge in [0.25, 0.3) is 0 Å². The second-order valence-corrected chi connectivity index (χ2v) is 7.85. The van der Waals surface area contributed by atoms with Crippen molar-refractivity contribution in [1.82, 2.24) is 10.6 Å². The van der Waals surface area contributed by atoms with E-state index in [1.54, 1.807) is 24.3 Å². The molecule has 1 atom stereocenters. The molecule has 0 saturated heterocycles. The molecule has 0 radical (unpaired) electrons. The second kappa shape index (κ2) is 11.7. The molecule has 2 aromatic carbocycles. The average Bonchev–Trinajstić information content (AvgIpc) is 2.78. The van der Waals surface area contributed by atoms with E-state index in [4.69, 9.17) is 9.84 Å². The zero-order valence-corrected chi connectivity index (χ0v) is 18.6. The third-order valence-corrected chi connectivity index (χ3v) is 5.72. The number of benzene rings is 2. The number of carbonyl (C=O) groups excluding carboxylic acids is 1. The largest absolute Gasteiger partial charge is 0.492 e.